The number of hydrogen-bond donors (Lipinski definition) is 1. The Labute approximate surface area is 100 Å². The zero-order chi connectivity index (χ0) is 13.3. The van der Waals surface area contributed by atoms with Crippen LogP contribution in [0, 0.1) is 0 Å². The van der Waals surface area contributed by atoms with Crippen molar-refractivity contribution in [1.29, 1.82) is 0 Å². The lowest BCUT2D eigenvalue weighted by Gasteiger charge is -1.99. The Balaban J connectivity index is 3.59. The van der Waals surface area contributed by atoms with E-state index in [1.165, 1.54) is 6.92 Å². The monoisotopic (exact) mass is 242 g/mol. The van der Waals surface area contributed by atoms with Crippen LogP contribution < -0.4 is 0 Å². The fraction of sp³-hybridized carbons (Fsp3) is 0.667. The van der Waals surface area contributed by atoms with Gasteiger partial charge < -0.3 is 9.90 Å². The molecule has 5 nitrogen and oxygen atoms in total. The lowest BCUT2D eigenvalue weighted by molar-refractivity contribution is -0.137. The average molecular weight is 242 g/mol. The van der Waals surface area contributed by atoms with Crippen LogP contribution in [0.1, 0.15) is 51.9 Å². The molecule has 96 valence electrons. The van der Waals surface area contributed by atoms with Gasteiger partial charge in [-0.25, -0.2) is 0 Å². The second-order valence-corrected chi connectivity index (χ2v) is 4.03. The molecule has 5 heteroatoms. The van der Waals surface area contributed by atoms with Gasteiger partial charge in [-0.2, -0.15) is 0 Å². The molecule has 1 N–H and O–H groups in total. The molecule has 0 spiro atoms. The number of hydrogen-bond acceptors (Lipinski definition) is 4. The number of carboxylic acids is 1. The van der Waals surface area contributed by atoms with Gasteiger partial charge in [0.15, 0.2) is 0 Å². The fourth-order valence-electron chi connectivity index (χ4n) is 1.28. The van der Waals surface area contributed by atoms with E-state index < -0.39 is 5.97 Å². The first kappa shape index (κ1) is 15.5. The van der Waals surface area contributed by atoms with Crippen LogP contribution in [0.25, 0.3) is 0 Å². The maximum absolute atomic E-state index is 11.3. The van der Waals surface area contributed by atoms with Crippen molar-refractivity contribution in [3.63, 3.8) is 0 Å². The van der Waals surface area contributed by atoms with E-state index in [-0.39, 0.29) is 55.9 Å². The lowest BCUT2D eigenvalue weighted by atomic mass is 10.0. The molecule has 0 aliphatic rings. The molecule has 0 aliphatic heterocycles. The van der Waals surface area contributed by atoms with Gasteiger partial charge in [0.1, 0.15) is 17.3 Å². The third-order valence-corrected chi connectivity index (χ3v) is 2.28. The number of carbonyl (C=O) groups is 4. The standard InChI is InChI=1S/C12H18O5/c1-9(13)5-6-11(15)8-7-10(14)3-2-4-12(16)17/h2-8H2,1H3,(H,16,17). The molecule has 0 rings (SSSR count). The molecular weight excluding hydrogens is 224 g/mol. The van der Waals surface area contributed by atoms with E-state index in [2.05, 4.69) is 0 Å². The first-order valence-corrected chi connectivity index (χ1v) is 5.66. The molecular formula is C12H18O5. The van der Waals surface area contributed by atoms with Gasteiger partial charge in [0, 0.05) is 38.5 Å². The van der Waals surface area contributed by atoms with E-state index in [4.69, 9.17) is 5.11 Å². The van der Waals surface area contributed by atoms with Crippen molar-refractivity contribution in [3.8, 4) is 0 Å². The largest absolute Gasteiger partial charge is 0.481 e. The van der Waals surface area contributed by atoms with Gasteiger partial charge in [-0.15, -0.1) is 0 Å². The number of carbonyl (C=O) groups excluding carboxylic acids is 3. The summed E-state index contributed by atoms with van der Waals surface area (Å²) >= 11 is 0. The fourth-order valence-corrected chi connectivity index (χ4v) is 1.28. The van der Waals surface area contributed by atoms with Gasteiger partial charge in [-0.3, -0.25) is 14.4 Å². The molecule has 17 heavy (non-hydrogen) atoms. The first-order chi connectivity index (χ1) is 7.91. The molecule has 0 aromatic heterocycles. The van der Waals surface area contributed by atoms with Crippen LogP contribution in [0.3, 0.4) is 0 Å². The maximum atomic E-state index is 11.3. The minimum Gasteiger partial charge on any atom is -0.481 e. The molecule has 0 radical (unpaired) electrons. The summed E-state index contributed by atoms with van der Waals surface area (Å²) in [5, 5.41) is 8.37. The van der Waals surface area contributed by atoms with E-state index >= 15 is 0 Å². The Bertz CT molecular complexity index is 306. The zero-order valence-electron chi connectivity index (χ0n) is 10.0. The van der Waals surface area contributed by atoms with Crippen molar-refractivity contribution in [2.24, 2.45) is 0 Å². The topological polar surface area (TPSA) is 88.5 Å². The molecule has 0 bridgehead atoms. The van der Waals surface area contributed by atoms with Crippen molar-refractivity contribution < 1.29 is 24.3 Å². The van der Waals surface area contributed by atoms with Gasteiger partial charge in [-0.1, -0.05) is 0 Å². The van der Waals surface area contributed by atoms with Gasteiger partial charge in [-0.05, 0) is 13.3 Å². The summed E-state index contributed by atoms with van der Waals surface area (Å²) < 4.78 is 0. The highest BCUT2D eigenvalue weighted by molar-refractivity contribution is 5.88. The molecule has 0 fully saturated rings. The van der Waals surface area contributed by atoms with Crippen molar-refractivity contribution in [2.75, 3.05) is 0 Å². The first-order valence-electron chi connectivity index (χ1n) is 5.66. The summed E-state index contributed by atoms with van der Waals surface area (Å²) in [4.78, 5) is 43.3. The third kappa shape index (κ3) is 10.8. The number of carboxylic acid groups (broad SMARTS) is 1. The Morgan fingerprint density at radius 1 is 0.765 bits per heavy atom. The predicted octanol–water partition coefficient (Wildman–Crippen LogP) is 1.53. The molecule has 0 atom stereocenters. The Kier molecular flexibility index (Phi) is 7.84. The maximum Gasteiger partial charge on any atom is 0.303 e. The van der Waals surface area contributed by atoms with E-state index in [9.17, 15) is 19.2 Å². The van der Waals surface area contributed by atoms with E-state index in [0.717, 1.165) is 0 Å². The highest BCUT2D eigenvalue weighted by Crippen LogP contribution is 2.05. The summed E-state index contributed by atoms with van der Waals surface area (Å²) in [5.74, 6) is -1.14. The predicted molar refractivity (Wildman–Crippen MR) is 60.6 cm³/mol. The van der Waals surface area contributed by atoms with E-state index in [1.807, 2.05) is 0 Å². The average Bonchev–Trinajstić information content (AvgIpc) is 2.23. The highest BCUT2D eigenvalue weighted by Gasteiger charge is 2.08. The summed E-state index contributed by atoms with van der Waals surface area (Å²) in [6, 6.07) is 0. The third-order valence-electron chi connectivity index (χ3n) is 2.28. The molecule has 0 amide bonds. The van der Waals surface area contributed by atoms with Gasteiger partial charge in [0.25, 0.3) is 0 Å². The SMILES string of the molecule is CC(=O)CCC(=O)CCC(=O)CCCC(=O)O. The van der Waals surface area contributed by atoms with Gasteiger partial charge in [0.2, 0.25) is 0 Å². The number of aliphatic carboxylic acids is 1. The minimum absolute atomic E-state index is 0.0238. The summed E-state index contributed by atoms with van der Waals surface area (Å²) in [6.07, 6.45) is 1.21. The van der Waals surface area contributed by atoms with Gasteiger partial charge in [0.05, 0.1) is 0 Å². The Morgan fingerprint density at radius 2 is 1.24 bits per heavy atom. The quantitative estimate of drug-likeness (QED) is 0.627. The smallest absolute Gasteiger partial charge is 0.303 e. The van der Waals surface area contributed by atoms with Crippen molar-refractivity contribution >= 4 is 23.3 Å². The summed E-state index contributed by atoms with van der Waals surface area (Å²) in [5.41, 5.74) is 0. The number of Topliss-reactive ketones (excluding diaryl/α,β-unsaturated/α-hetero) is 3. The lowest BCUT2D eigenvalue weighted by Crippen LogP contribution is -2.06. The summed E-state index contributed by atoms with van der Waals surface area (Å²) in [6.45, 7) is 1.42. The Morgan fingerprint density at radius 3 is 1.71 bits per heavy atom. The second-order valence-electron chi connectivity index (χ2n) is 4.03. The van der Waals surface area contributed by atoms with Crippen molar-refractivity contribution in [1.82, 2.24) is 0 Å². The van der Waals surface area contributed by atoms with Crippen LogP contribution in [0.2, 0.25) is 0 Å². The molecule has 0 aromatic carbocycles. The van der Waals surface area contributed by atoms with Gasteiger partial charge >= 0.3 is 5.97 Å². The van der Waals surface area contributed by atoms with E-state index in [0.29, 0.717) is 6.42 Å². The molecule has 0 aromatic rings. The van der Waals surface area contributed by atoms with Crippen LogP contribution in [0.5, 0.6) is 0 Å². The number of ketones is 3. The normalized spacial score (nSPS) is 9.94. The van der Waals surface area contributed by atoms with Crippen molar-refractivity contribution in [3.05, 3.63) is 0 Å². The summed E-state index contributed by atoms with van der Waals surface area (Å²) in [7, 11) is 0. The zero-order valence-corrected chi connectivity index (χ0v) is 10.0. The second kappa shape index (κ2) is 8.61. The Hall–Kier alpha value is -1.52. The molecule has 0 heterocycles. The van der Waals surface area contributed by atoms with Crippen LogP contribution in [-0.4, -0.2) is 28.4 Å². The van der Waals surface area contributed by atoms with Crippen LogP contribution in [0.15, 0.2) is 0 Å². The van der Waals surface area contributed by atoms with Crippen LogP contribution >= 0.6 is 0 Å². The van der Waals surface area contributed by atoms with Crippen molar-refractivity contribution in [2.45, 2.75) is 51.9 Å². The molecule has 0 unspecified atom stereocenters. The number of rotatable bonds is 10. The molecule has 0 aliphatic carbocycles. The van der Waals surface area contributed by atoms with E-state index in [1.54, 1.807) is 0 Å². The molecule has 0 saturated heterocycles. The van der Waals surface area contributed by atoms with Crippen LogP contribution in [0.4, 0.5) is 0 Å². The molecule has 0 saturated carbocycles. The van der Waals surface area contributed by atoms with Crippen LogP contribution in [-0.2, 0) is 19.2 Å². The highest BCUT2D eigenvalue weighted by atomic mass is 16.4. The minimum atomic E-state index is -0.921.